The molecule has 2 aromatic heterocycles. The molecule has 3 rings (SSSR count). The second-order valence-electron chi connectivity index (χ2n) is 5.16. The van der Waals surface area contributed by atoms with Gasteiger partial charge in [-0.05, 0) is 24.3 Å². The fourth-order valence-electron chi connectivity index (χ4n) is 2.25. The van der Waals surface area contributed by atoms with Gasteiger partial charge in [-0.1, -0.05) is 11.6 Å². The number of ether oxygens (including phenoxy) is 1. The van der Waals surface area contributed by atoms with E-state index < -0.39 is 11.8 Å². The summed E-state index contributed by atoms with van der Waals surface area (Å²) in [5.41, 5.74) is 0.940. The van der Waals surface area contributed by atoms with Crippen LogP contribution in [0.2, 0.25) is 5.02 Å². The standard InChI is InChI=1S/C18H11ClN4O3S/c1-26-18(25)16-13(14-17(27-16)22-7-6-21-14)23-9-11(8-20)15(24)10-2-4-12(19)5-3-10/h2-7,9,23H,1H3. The van der Waals surface area contributed by atoms with Gasteiger partial charge in [0.15, 0.2) is 0 Å². The maximum atomic E-state index is 12.5. The van der Waals surface area contributed by atoms with Crippen molar-refractivity contribution in [2.24, 2.45) is 0 Å². The molecule has 9 heteroatoms. The molecule has 1 N–H and O–H groups in total. The van der Waals surface area contributed by atoms with Gasteiger partial charge in [-0.3, -0.25) is 4.79 Å². The first kappa shape index (κ1) is 18.5. The van der Waals surface area contributed by atoms with Crippen molar-refractivity contribution in [1.29, 1.82) is 5.26 Å². The molecule has 0 unspecified atom stereocenters. The molecule has 0 atom stereocenters. The van der Waals surface area contributed by atoms with E-state index in [0.717, 1.165) is 11.3 Å². The average Bonchev–Trinajstić information content (AvgIpc) is 3.07. The van der Waals surface area contributed by atoms with Gasteiger partial charge in [-0.2, -0.15) is 5.26 Å². The number of rotatable bonds is 5. The SMILES string of the molecule is COC(=O)c1sc2nccnc2c1NC=C(C#N)C(=O)c1ccc(Cl)cc1. The number of nitriles is 1. The summed E-state index contributed by atoms with van der Waals surface area (Å²) in [7, 11) is 1.26. The molecule has 134 valence electrons. The fraction of sp³-hybridized carbons (Fsp3) is 0.0556. The van der Waals surface area contributed by atoms with Gasteiger partial charge in [-0.15, -0.1) is 11.3 Å². The van der Waals surface area contributed by atoms with E-state index in [9.17, 15) is 14.9 Å². The van der Waals surface area contributed by atoms with Crippen LogP contribution in [0.1, 0.15) is 20.0 Å². The van der Waals surface area contributed by atoms with Gasteiger partial charge in [0.25, 0.3) is 0 Å². The molecule has 0 spiro atoms. The third-order valence-electron chi connectivity index (χ3n) is 3.53. The van der Waals surface area contributed by atoms with Crippen LogP contribution < -0.4 is 5.32 Å². The zero-order chi connectivity index (χ0) is 19.4. The van der Waals surface area contributed by atoms with Gasteiger partial charge in [0.1, 0.15) is 26.9 Å². The number of ketones is 1. The zero-order valence-electron chi connectivity index (χ0n) is 13.9. The number of fused-ring (bicyclic) bond motifs is 1. The molecule has 0 amide bonds. The van der Waals surface area contributed by atoms with Crippen molar-refractivity contribution in [1.82, 2.24) is 9.97 Å². The van der Waals surface area contributed by atoms with E-state index in [1.54, 1.807) is 12.1 Å². The summed E-state index contributed by atoms with van der Waals surface area (Å²) in [6, 6.07) is 8.04. The van der Waals surface area contributed by atoms with Crippen LogP contribution in [-0.4, -0.2) is 28.8 Å². The molecule has 0 aliphatic rings. The first-order chi connectivity index (χ1) is 13.0. The van der Waals surface area contributed by atoms with E-state index in [0.29, 0.717) is 26.6 Å². The third kappa shape index (κ3) is 3.79. The predicted octanol–water partition coefficient (Wildman–Crippen LogP) is 3.83. The highest BCUT2D eigenvalue weighted by Crippen LogP contribution is 2.33. The summed E-state index contributed by atoms with van der Waals surface area (Å²) in [6.45, 7) is 0. The molecule has 0 bridgehead atoms. The highest BCUT2D eigenvalue weighted by atomic mass is 35.5. The van der Waals surface area contributed by atoms with Crippen molar-refractivity contribution in [3.8, 4) is 6.07 Å². The van der Waals surface area contributed by atoms with Crippen LogP contribution in [0, 0.1) is 11.3 Å². The number of hydrogen-bond donors (Lipinski definition) is 1. The number of halogens is 1. The van der Waals surface area contributed by atoms with Crippen molar-refractivity contribution < 1.29 is 14.3 Å². The maximum Gasteiger partial charge on any atom is 0.350 e. The topological polar surface area (TPSA) is 105 Å². The van der Waals surface area contributed by atoms with E-state index in [1.807, 2.05) is 6.07 Å². The average molecular weight is 399 g/mol. The lowest BCUT2D eigenvalue weighted by Crippen LogP contribution is -2.06. The molecular weight excluding hydrogens is 388 g/mol. The number of aromatic nitrogens is 2. The Balaban J connectivity index is 1.98. The van der Waals surface area contributed by atoms with Gasteiger partial charge < -0.3 is 10.1 Å². The number of thiophene rings is 1. The summed E-state index contributed by atoms with van der Waals surface area (Å²) in [5, 5.41) is 12.7. The Kier molecular flexibility index (Phi) is 5.45. The van der Waals surface area contributed by atoms with Crippen LogP contribution in [0.5, 0.6) is 0 Å². The molecule has 0 saturated carbocycles. The van der Waals surface area contributed by atoms with E-state index in [4.69, 9.17) is 16.3 Å². The van der Waals surface area contributed by atoms with E-state index in [-0.39, 0.29) is 10.5 Å². The number of anilines is 1. The van der Waals surface area contributed by atoms with Gasteiger partial charge in [0.05, 0.1) is 12.8 Å². The normalized spacial score (nSPS) is 11.1. The summed E-state index contributed by atoms with van der Waals surface area (Å²) >= 11 is 6.92. The van der Waals surface area contributed by atoms with Crippen LogP contribution in [0.4, 0.5) is 5.69 Å². The number of hydrogen-bond acceptors (Lipinski definition) is 8. The minimum absolute atomic E-state index is 0.142. The maximum absolute atomic E-state index is 12.5. The highest BCUT2D eigenvalue weighted by molar-refractivity contribution is 7.21. The Hall–Kier alpha value is -3.28. The van der Waals surface area contributed by atoms with Crippen LogP contribution in [0.15, 0.2) is 48.4 Å². The smallest absolute Gasteiger partial charge is 0.350 e. The molecule has 0 fully saturated rings. The second-order valence-corrected chi connectivity index (χ2v) is 6.59. The van der Waals surface area contributed by atoms with Crippen LogP contribution in [-0.2, 0) is 4.74 Å². The quantitative estimate of drug-likeness (QED) is 0.301. The van der Waals surface area contributed by atoms with E-state index in [1.165, 1.54) is 37.8 Å². The number of esters is 1. The van der Waals surface area contributed by atoms with Crippen molar-refractivity contribution in [2.45, 2.75) is 0 Å². The Labute approximate surface area is 162 Å². The van der Waals surface area contributed by atoms with Crippen molar-refractivity contribution >= 4 is 50.7 Å². The number of Topliss-reactive ketones (excluding diaryl/α,β-unsaturated/α-hetero) is 1. The minimum atomic E-state index is -0.571. The molecular formula is C18H11ClN4O3S. The number of allylic oxidation sites excluding steroid dienone is 1. The Morgan fingerprint density at radius 3 is 2.63 bits per heavy atom. The Morgan fingerprint density at radius 2 is 1.96 bits per heavy atom. The zero-order valence-corrected chi connectivity index (χ0v) is 15.5. The van der Waals surface area contributed by atoms with Gasteiger partial charge in [0.2, 0.25) is 5.78 Å². The van der Waals surface area contributed by atoms with Crippen molar-refractivity contribution in [2.75, 3.05) is 12.4 Å². The molecule has 0 radical (unpaired) electrons. The third-order valence-corrected chi connectivity index (χ3v) is 4.85. The first-order valence-electron chi connectivity index (χ1n) is 7.54. The predicted molar refractivity (Wildman–Crippen MR) is 102 cm³/mol. The first-order valence-corrected chi connectivity index (χ1v) is 8.73. The van der Waals surface area contributed by atoms with Crippen LogP contribution >= 0.6 is 22.9 Å². The minimum Gasteiger partial charge on any atom is -0.465 e. The van der Waals surface area contributed by atoms with Gasteiger partial charge in [0, 0.05) is 29.2 Å². The lowest BCUT2D eigenvalue weighted by Gasteiger charge is -2.04. The van der Waals surface area contributed by atoms with Crippen molar-refractivity contribution in [3.63, 3.8) is 0 Å². The van der Waals surface area contributed by atoms with Crippen molar-refractivity contribution in [3.05, 3.63) is 63.9 Å². The summed E-state index contributed by atoms with van der Waals surface area (Å²) < 4.78 is 4.78. The molecule has 0 saturated heterocycles. The summed E-state index contributed by atoms with van der Waals surface area (Å²) in [5.74, 6) is -1.05. The largest absolute Gasteiger partial charge is 0.465 e. The number of nitrogens with one attached hydrogen (secondary N) is 1. The van der Waals surface area contributed by atoms with Crippen LogP contribution in [0.25, 0.3) is 10.3 Å². The molecule has 0 aliphatic carbocycles. The van der Waals surface area contributed by atoms with Gasteiger partial charge in [-0.25, -0.2) is 14.8 Å². The number of benzene rings is 1. The monoisotopic (exact) mass is 398 g/mol. The lowest BCUT2D eigenvalue weighted by atomic mass is 10.1. The highest BCUT2D eigenvalue weighted by Gasteiger charge is 2.21. The second kappa shape index (κ2) is 7.95. The molecule has 0 aliphatic heterocycles. The molecule has 3 aromatic rings. The Morgan fingerprint density at radius 1 is 1.26 bits per heavy atom. The molecule has 7 nitrogen and oxygen atoms in total. The number of nitrogens with zero attached hydrogens (tertiary/aromatic N) is 3. The number of carbonyl (C=O) groups excluding carboxylic acids is 2. The van der Waals surface area contributed by atoms with E-state index in [2.05, 4.69) is 15.3 Å². The van der Waals surface area contributed by atoms with E-state index >= 15 is 0 Å². The number of methoxy groups -OCH3 is 1. The van der Waals surface area contributed by atoms with Crippen LogP contribution in [0.3, 0.4) is 0 Å². The Bertz CT molecular complexity index is 1100. The van der Waals surface area contributed by atoms with Gasteiger partial charge >= 0.3 is 5.97 Å². The summed E-state index contributed by atoms with van der Waals surface area (Å²) in [6.07, 6.45) is 4.22. The molecule has 2 heterocycles. The number of carbonyl (C=O) groups is 2. The molecule has 27 heavy (non-hydrogen) atoms. The lowest BCUT2D eigenvalue weighted by molar-refractivity contribution is 0.0607. The fourth-order valence-corrected chi connectivity index (χ4v) is 3.36. The summed E-state index contributed by atoms with van der Waals surface area (Å²) in [4.78, 5) is 33.7. The molecule has 1 aromatic carbocycles.